The zero-order valence-corrected chi connectivity index (χ0v) is 9.04. The highest BCUT2D eigenvalue weighted by atomic mass is 35.5. The summed E-state index contributed by atoms with van der Waals surface area (Å²) in [4.78, 5) is 10.6. The van der Waals surface area contributed by atoms with Gasteiger partial charge in [0.05, 0.1) is 0 Å². The number of aldehydes is 1. The first-order valence-corrected chi connectivity index (χ1v) is 5.08. The molecule has 0 atom stereocenters. The van der Waals surface area contributed by atoms with Crippen molar-refractivity contribution in [1.82, 2.24) is 0 Å². The highest BCUT2D eigenvalue weighted by Gasteiger charge is 2.02. The lowest BCUT2D eigenvalue weighted by molar-refractivity contribution is 0.112. The predicted octanol–water partition coefficient (Wildman–Crippen LogP) is 3.96. The lowest BCUT2D eigenvalue weighted by Gasteiger charge is -2.03. The Morgan fingerprint density at radius 3 is 2.56 bits per heavy atom. The van der Waals surface area contributed by atoms with Crippen molar-refractivity contribution in [3.8, 4) is 11.1 Å². The van der Waals surface area contributed by atoms with Crippen molar-refractivity contribution >= 4 is 17.9 Å². The van der Waals surface area contributed by atoms with Crippen LogP contribution in [0.2, 0.25) is 5.02 Å². The van der Waals surface area contributed by atoms with E-state index in [4.69, 9.17) is 11.6 Å². The van der Waals surface area contributed by atoms with Gasteiger partial charge >= 0.3 is 0 Å². The predicted molar refractivity (Wildman–Crippen MR) is 62.2 cm³/mol. The minimum absolute atomic E-state index is 0.339. The third kappa shape index (κ3) is 2.28. The Morgan fingerprint density at radius 1 is 1.06 bits per heavy atom. The standard InChI is InChI=1S/C13H8ClFO/c14-12-5-11(6-13(15)7-12)10-3-1-2-9(4-10)8-16/h1-8H. The van der Waals surface area contributed by atoms with Gasteiger partial charge in [0.15, 0.2) is 0 Å². The lowest BCUT2D eigenvalue weighted by Crippen LogP contribution is -1.84. The second-order valence-corrected chi connectivity index (χ2v) is 3.84. The first kappa shape index (κ1) is 10.8. The highest BCUT2D eigenvalue weighted by Crippen LogP contribution is 2.24. The van der Waals surface area contributed by atoms with E-state index >= 15 is 0 Å². The molecule has 0 aromatic heterocycles. The molecule has 2 rings (SSSR count). The van der Waals surface area contributed by atoms with Crippen LogP contribution in [0.5, 0.6) is 0 Å². The molecule has 0 heterocycles. The molecule has 0 saturated carbocycles. The van der Waals surface area contributed by atoms with Gasteiger partial charge in [0.25, 0.3) is 0 Å². The monoisotopic (exact) mass is 234 g/mol. The Bertz CT molecular complexity index is 517. The van der Waals surface area contributed by atoms with Gasteiger partial charge in [-0.05, 0) is 35.4 Å². The van der Waals surface area contributed by atoms with E-state index < -0.39 is 0 Å². The summed E-state index contributed by atoms with van der Waals surface area (Å²) in [5.74, 6) is -0.390. The van der Waals surface area contributed by atoms with Gasteiger partial charge < -0.3 is 0 Å². The normalized spacial score (nSPS) is 10.1. The van der Waals surface area contributed by atoms with E-state index in [1.165, 1.54) is 12.1 Å². The van der Waals surface area contributed by atoms with Gasteiger partial charge in [0.1, 0.15) is 12.1 Å². The van der Waals surface area contributed by atoms with Crippen molar-refractivity contribution < 1.29 is 9.18 Å². The number of hydrogen-bond acceptors (Lipinski definition) is 1. The first-order chi connectivity index (χ1) is 7.69. The van der Waals surface area contributed by atoms with Crippen LogP contribution in [0.4, 0.5) is 4.39 Å². The van der Waals surface area contributed by atoms with Crippen LogP contribution < -0.4 is 0 Å². The number of carbonyl (C=O) groups excluding carboxylic acids is 1. The van der Waals surface area contributed by atoms with Crippen molar-refractivity contribution in [2.24, 2.45) is 0 Å². The molecular weight excluding hydrogens is 227 g/mol. The third-order valence-electron chi connectivity index (χ3n) is 2.22. The maximum Gasteiger partial charge on any atom is 0.150 e. The fraction of sp³-hybridized carbons (Fsp3) is 0. The van der Waals surface area contributed by atoms with E-state index in [9.17, 15) is 9.18 Å². The molecule has 0 unspecified atom stereocenters. The van der Waals surface area contributed by atoms with Crippen LogP contribution >= 0.6 is 11.6 Å². The minimum atomic E-state index is -0.390. The summed E-state index contributed by atoms with van der Waals surface area (Å²) in [6.45, 7) is 0. The highest BCUT2D eigenvalue weighted by molar-refractivity contribution is 6.30. The molecule has 0 aliphatic heterocycles. The third-order valence-corrected chi connectivity index (χ3v) is 2.44. The average Bonchev–Trinajstić information content (AvgIpc) is 2.28. The summed E-state index contributed by atoms with van der Waals surface area (Å²) >= 11 is 5.76. The van der Waals surface area contributed by atoms with Crippen LogP contribution in [0.25, 0.3) is 11.1 Å². The fourth-order valence-electron chi connectivity index (χ4n) is 1.51. The van der Waals surface area contributed by atoms with Crippen molar-refractivity contribution in [2.75, 3.05) is 0 Å². The van der Waals surface area contributed by atoms with E-state index in [0.717, 1.165) is 11.8 Å². The van der Waals surface area contributed by atoms with E-state index in [-0.39, 0.29) is 5.82 Å². The summed E-state index contributed by atoms with van der Waals surface area (Å²) in [6, 6.07) is 11.2. The van der Waals surface area contributed by atoms with Crippen LogP contribution in [0.1, 0.15) is 10.4 Å². The van der Waals surface area contributed by atoms with Crippen LogP contribution in [-0.4, -0.2) is 6.29 Å². The van der Waals surface area contributed by atoms with Gasteiger partial charge in [-0.25, -0.2) is 4.39 Å². The van der Waals surface area contributed by atoms with E-state index in [0.29, 0.717) is 16.1 Å². The van der Waals surface area contributed by atoms with Crippen LogP contribution in [0, 0.1) is 5.82 Å². The molecule has 0 saturated heterocycles. The largest absolute Gasteiger partial charge is 0.298 e. The molecule has 0 aliphatic carbocycles. The van der Waals surface area contributed by atoms with Gasteiger partial charge in [-0.2, -0.15) is 0 Å². The molecule has 0 radical (unpaired) electrons. The Kier molecular flexibility index (Phi) is 3.02. The molecule has 0 aliphatic rings. The quantitative estimate of drug-likeness (QED) is 0.719. The number of halogens is 2. The van der Waals surface area contributed by atoms with E-state index in [1.807, 2.05) is 0 Å². The van der Waals surface area contributed by atoms with Crippen molar-refractivity contribution in [1.29, 1.82) is 0 Å². The average molecular weight is 235 g/mol. The van der Waals surface area contributed by atoms with E-state index in [1.54, 1.807) is 30.3 Å². The summed E-state index contributed by atoms with van der Waals surface area (Å²) in [6.07, 6.45) is 0.754. The van der Waals surface area contributed by atoms with Crippen molar-refractivity contribution in [2.45, 2.75) is 0 Å². The smallest absolute Gasteiger partial charge is 0.150 e. The van der Waals surface area contributed by atoms with Gasteiger partial charge in [-0.15, -0.1) is 0 Å². The molecule has 3 heteroatoms. The molecule has 0 fully saturated rings. The molecule has 16 heavy (non-hydrogen) atoms. The molecule has 2 aromatic rings. The molecule has 0 N–H and O–H groups in total. The topological polar surface area (TPSA) is 17.1 Å². The molecule has 80 valence electrons. The van der Waals surface area contributed by atoms with Gasteiger partial charge in [0.2, 0.25) is 0 Å². The van der Waals surface area contributed by atoms with Gasteiger partial charge in [-0.3, -0.25) is 4.79 Å². The summed E-state index contributed by atoms with van der Waals surface area (Å²) < 4.78 is 13.1. The Morgan fingerprint density at radius 2 is 1.88 bits per heavy atom. The molecule has 2 aromatic carbocycles. The molecule has 0 spiro atoms. The molecule has 0 amide bonds. The first-order valence-electron chi connectivity index (χ1n) is 4.71. The lowest BCUT2D eigenvalue weighted by atomic mass is 10.0. The Hall–Kier alpha value is -1.67. The Balaban J connectivity index is 2.53. The summed E-state index contributed by atoms with van der Waals surface area (Å²) in [5.41, 5.74) is 1.98. The SMILES string of the molecule is O=Cc1cccc(-c2cc(F)cc(Cl)c2)c1. The zero-order valence-electron chi connectivity index (χ0n) is 8.28. The van der Waals surface area contributed by atoms with Crippen LogP contribution in [0.3, 0.4) is 0 Å². The number of hydrogen-bond donors (Lipinski definition) is 0. The van der Waals surface area contributed by atoms with Crippen LogP contribution in [0.15, 0.2) is 42.5 Å². The second-order valence-electron chi connectivity index (χ2n) is 3.40. The van der Waals surface area contributed by atoms with Crippen molar-refractivity contribution in [3.05, 3.63) is 58.9 Å². The maximum atomic E-state index is 13.1. The van der Waals surface area contributed by atoms with Gasteiger partial charge in [0, 0.05) is 10.6 Å². The van der Waals surface area contributed by atoms with E-state index in [2.05, 4.69) is 0 Å². The van der Waals surface area contributed by atoms with Gasteiger partial charge in [-0.1, -0.05) is 29.8 Å². The second kappa shape index (κ2) is 4.45. The van der Waals surface area contributed by atoms with Crippen LogP contribution in [-0.2, 0) is 0 Å². The number of benzene rings is 2. The Labute approximate surface area is 97.5 Å². The molecule has 0 bridgehead atoms. The number of carbonyl (C=O) groups is 1. The molecular formula is C13H8ClFO. The fourth-order valence-corrected chi connectivity index (χ4v) is 1.73. The van der Waals surface area contributed by atoms with Crippen molar-refractivity contribution in [3.63, 3.8) is 0 Å². The minimum Gasteiger partial charge on any atom is -0.298 e. The maximum absolute atomic E-state index is 13.1. The summed E-state index contributed by atoms with van der Waals surface area (Å²) in [5, 5.41) is 0.339. The molecule has 1 nitrogen and oxygen atoms in total. The summed E-state index contributed by atoms with van der Waals surface area (Å²) in [7, 11) is 0. The zero-order chi connectivity index (χ0) is 11.5. The number of rotatable bonds is 2.